The number of nitrogens with zero attached hydrogens (tertiary/aromatic N) is 2. The Bertz CT molecular complexity index is 422. The van der Waals surface area contributed by atoms with Crippen LogP contribution in [0.15, 0.2) is 6.20 Å². The van der Waals surface area contributed by atoms with Crippen molar-refractivity contribution in [2.45, 2.75) is 6.43 Å². The molecule has 0 aliphatic rings. The highest BCUT2D eigenvalue weighted by Crippen LogP contribution is 2.31. The first-order valence-corrected chi connectivity index (χ1v) is 3.65. The molecule has 15 heavy (non-hydrogen) atoms. The number of hydrogen-bond acceptors (Lipinski definition) is 5. The molecule has 0 unspecified atom stereocenters. The molecule has 0 radical (unpaired) electrons. The molecule has 0 atom stereocenters. The molecule has 1 aromatic heterocycles. The fraction of sp³-hybridized carbons (Fsp3) is 0.143. The van der Waals surface area contributed by atoms with E-state index in [0.29, 0.717) is 6.20 Å². The number of nitrogens with two attached hydrogens (primary N) is 1. The van der Waals surface area contributed by atoms with Gasteiger partial charge in [0.15, 0.2) is 6.29 Å². The van der Waals surface area contributed by atoms with Crippen molar-refractivity contribution in [2.75, 3.05) is 5.73 Å². The lowest BCUT2D eigenvalue weighted by Crippen LogP contribution is -2.06. The van der Waals surface area contributed by atoms with Gasteiger partial charge in [0.1, 0.15) is 17.6 Å². The van der Waals surface area contributed by atoms with Gasteiger partial charge in [0.25, 0.3) is 12.1 Å². The number of carbonyl (C=O) groups excluding carboxylic acids is 1. The van der Waals surface area contributed by atoms with Crippen molar-refractivity contribution in [3.8, 4) is 0 Å². The van der Waals surface area contributed by atoms with E-state index >= 15 is 0 Å². The summed E-state index contributed by atoms with van der Waals surface area (Å²) in [5.41, 5.74) is 2.67. The number of nitrogen functional groups attached to an aromatic ring is 1. The molecule has 0 bridgehead atoms. The van der Waals surface area contributed by atoms with E-state index in [9.17, 15) is 23.7 Å². The van der Waals surface area contributed by atoms with E-state index in [1.807, 2.05) is 0 Å². The first-order valence-electron chi connectivity index (χ1n) is 3.65. The quantitative estimate of drug-likeness (QED) is 0.467. The third-order valence-electron chi connectivity index (χ3n) is 1.70. The Hall–Kier alpha value is -2.12. The Morgan fingerprint density at radius 1 is 1.60 bits per heavy atom. The van der Waals surface area contributed by atoms with Gasteiger partial charge in [-0.25, -0.2) is 13.8 Å². The number of aromatic nitrogens is 1. The van der Waals surface area contributed by atoms with Crippen molar-refractivity contribution in [1.29, 1.82) is 0 Å². The van der Waals surface area contributed by atoms with Gasteiger partial charge in [0, 0.05) is 0 Å². The predicted molar refractivity (Wildman–Crippen MR) is 45.6 cm³/mol. The molecule has 0 saturated carbocycles. The summed E-state index contributed by atoms with van der Waals surface area (Å²) < 4.78 is 24.8. The fourth-order valence-electron chi connectivity index (χ4n) is 1.04. The standard InChI is InChI=1S/C7H5F2N3O3/c8-6(9)5-3(2-13)4(12(14)15)1-11-7(5)10/h1-2,6H,(H2,10,11). The van der Waals surface area contributed by atoms with E-state index in [4.69, 9.17) is 5.73 Å². The van der Waals surface area contributed by atoms with E-state index in [0.717, 1.165) is 0 Å². The molecular weight excluding hydrogens is 212 g/mol. The van der Waals surface area contributed by atoms with Gasteiger partial charge in [-0.1, -0.05) is 0 Å². The summed E-state index contributed by atoms with van der Waals surface area (Å²) in [7, 11) is 0. The number of nitro groups is 1. The van der Waals surface area contributed by atoms with Gasteiger partial charge in [-0.15, -0.1) is 0 Å². The Balaban J connectivity index is 3.54. The second-order valence-electron chi connectivity index (χ2n) is 2.53. The van der Waals surface area contributed by atoms with Gasteiger partial charge >= 0.3 is 0 Å². The summed E-state index contributed by atoms with van der Waals surface area (Å²) >= 11 is 0. The Kier molecular flexibility index (Phi) is 2.88. The van der Waals surface area contributed by atoms with E-state index in [2.05, 4.69) is 4.98 Å². The monoisotopic (exact) mass is 217 g/mol. The van der Waals surface area contributed by atoms with Crippen LogP contribution in [0.5, 0.6) is 0 Å². The first kappa shape index (κ1) is 11.0. The molecule has 1 aromatic rings. The minimum Gasteiger partial charge on any atom is -0.383 e. The fourth-order valence-corrected chi connectivity index (χ4v) is 1.04. The van der Waals surface area contributed by atoms with Crippen LogP contribution in [0.25, 0.3) is 0 Å². The highest BCUT2D eigenvalue weighted by atomic mass is 19.3. The molecule has 1 rings (SSSR count). The van der Waals surface area contributed by atoms with E-state index in [1.165, 1.54) is 0 Å². The average molecular weight is 217 g/mol. The van der Waals surface area contributed by atoms with Gasteiger partial charge in [0.2, 0.25) is 0 Å². The van der Waals surface area contributed by atoms with Crippen molar-refractivity contribution < 1.29 is 18.5 Å². The zero-order valence-corrected chi connectivity index (χ0v) is 7.18. The normalized spacial score (nSPS) is 10.3. The van der Waals surface area contributed by atoms with Crippen LogP contribution in [0.2, 0.25) is 0 Å². The zero-order valence-electron chi connectivity index (χ0n) is 7.18. The van der Waals surface area contributed by atoms with Crippen molar-refractivity contribution in [3.63, 3.8) is 0 Å². The second kappa shape index (κ2) is 3.95. The van der Waals surface area contributed by atoms with Crippen LogP contribution in [-0.4, -0.2) is 16.2 Å². The van der Waals surface area contributed by atoms with Crippen molar-refractivity contribution >= 4 is 17.8 Å². The summed E-state index contributed by atoms with van der Waals surface area (Å²) in [5, 5.41) is 10.4. The summed E-state index contributed by atoms with van der Waals surface area (Å²) in [6.45, 7) is 0. The van der Waals surface area contributed by atoms with Crippen LogP contribution in [0.1, 0.15) is 22.3 Å². The number of anilines is 1. The van der Waals surface area contributed by atoms with Crippen LogP contribution in [0, 0.1) is 10.1 Å². The molecule has 0 aliphatic carbocycles. The molecule has 1 heterocycles. The Morgan fingerprint density at radius 3 is 2.60 bits per heavy atom. The molecule has 6 nitrogen and oxygen atoms in total. The van der Waals surface area contributed by atoms with Gasteiger partial charge in [-0.05, 0) is 0 Å². The van der Waals surface area contributed by atoms with Crippen LogP contribution >= 0.6 is 0 Å². The topological polar surface area (TPSA) is 99.1 Å². The minimum absolute atomic E-state index is 0.0301. The molecule has 0 spiro atoms. The largest absolute Gasteiger partial charge is 0.383 e. The zero-order chi connectivity index (χ0) is 11.6. The Morgan fingerprint density at radius 2 is 2.20 bits per heavy atom. The number of halogens is 2. The summed E-state index contributed by atoms with van der Waals surface area (Å²) in [6.07, 6.45) is -2.44. The molecule has 80 valence electrons. The number of aldehydes is 1. The van der Waals surface area contributed by atoms with Crippen molar-refractivity contribution in [2.24, 2.45) is 0 Å². The van der Waals surface area contributed by atoms with Gasteiger partial charge in [-0.2, -0.15) is 0 Å². The molecule has 0 amide bonds. The lowest BCUT2D eigenvalue weighted by molar-refractivity contribution is -0.385. The highest BCUT2D eigenvalue weighted by molar-refractivity contribution is 5.85. The summed E-state index contributed by atoms with van der Waals surface area (Å²) in [6, 6.07) is 0. The lowest BCUT2D eigenvalue weighted by atomic mass is 10.1. The molecule has 0 aliphatic heterocycles. The number of carbonyl (C=O) groups is 1. The first-order chi connectivity index (χ1) is 6.99. The molecular formula is C7H5F2N3O3. The SMILES string of the molecule is Nc1ncc([N+](=O)[O-])c(C=O)c1C(F)F. The van der Waals surface area contributed by atoms with Crippen molar-refractivity contribution in [1.82, 2.24) is 4.98 Å². The second-order valence-corrected chi connectivity index (χ2v) is 2.53. The van der Waals surface area contributed by atoms with Gasteiger partial charge in [-0.3, -0.25) is 14.9 Å². The minimum atomic E-state index is -3.09. The van der Waals surface area contributed by atoms with Gasteiger partial charge < -0.3 is 5.73 Å². The van der Waals surface area contributed by atoms with E-state index < -0.39 is 34.0 Å². The van der Waals surface area contributed by atoms with Crippen molar-refractivity contribution in [3.05, 3.63) is 27.4 Å². The summed E-state index contributed by atoms with van der Waals surface area (Å²) in [4.78, 5) is 23.1. The molecule has 0 saturated heterocycles. The van der Waals surface area contributed by atoms with Crippen LogP contribution in [0.3, 0.4) is 0 Å². The third kappa shape index (κ3) is 1.87. The average Bonchev–Trinajstić information content (AvgIpc) is 2.15. The highest BCUT2D eigenvalue weighted by Gasteiger charge is 2.26. The van der Waals surface area contributed by atoms with Crippen LogP contribution in [0.4, 0.5) is 20.3 Å². The number of pyridine rings is 1. The molecule has 8 heteroatoms. The number of alkyl halides is 2. The third-order valence-corrected chi connectivity index (χ3v) is 1.70. The summed E-state index contributed by atoms with van der Waals surface area (Å²) in [5.74, 6) is -0.585. The Labute approximate surface area is 81.9 Å². The molecule has 0 fully saturated rings. The van der Waals surface area contributed by atoms with Crippen LogP contribution < -0.4 is 5.73 Å². The molecule has 2 N–H and O–H groups in total. The van der Waals surface area contributed by atoms with E-state index in [-0.39, 0.29) is 6.29 Å². The maximum Gasteiger partial charge on any atom is 0.298 e. The van der Waals surface area contributed by atoms with Crippen LogP contribution in [-0.2, 0) is 0 Å². The number of hydrogen-bond donors (Lipinski definition) is 1. The molecule has 0 aromatic carbocycles. The lowest BCUT2D eigenvalue weighted by Gasteiger charge is -2.06. The maximum atomic E-state index is 12.4. The van der Waals surface area contributed by atoms with Gasteiger partial charge in [0.05, 0.1) is 10.5 Å². The number of rotatable bonds is 3. The van der Waals surface area contributed by atoms with E-state index in [1.54, 1.807) is 0 Å². The smallest absolute Gasteiger partial charge is 0.298 e. The predicted octanol–water partition coefficient (Wildman–Crippen LogP) is 1.32. The maximum absolute atomic E-state index is 12.4.